The van der Waals surface area contributed by atoms with Gasteiger partial charge in [0.1, 0.15) is 6.07 Å². The summed E-state index contributed by atoms with van der Waals surface area (Å²) in [6.45, 7) is 3.76. The average molecular weight is 305 g/mol. The van der Waals surface area contributed by atoms with E-state index in [9.17, 15) is 14.9 Å². The Balaban J connectivity index is 2.98. The third-order valence-electron chi connectivity index (χ3n) is 2.46. The summed E-state index contributed by atoms with van der Waals surface area (Å²) in [6.07, 6.45) is 1.18. The van der Waals surface area contributed by atoms with Crippen molar-refractivity contribution in [3.05, 3.63) is 40.1 Å². The van der Waals surface area contributed by atoms with Gasteiger partial charge in [-0.05, 0) is 19.9 Å². The first-order chi connectivity index (χ1) is 10.5. The monoisotopic (exact) mass is 305 g/mol. The fraction of sp³-hybridized carbons (Fsp3) is 0.286. The highest BCUT2D eigenvalue weighted by molar-refractivity contribution is 5.93. The number of nitro benzene ring substituents is 1. The van der Waals surface area contributed by atoms with Crippen molar-refractivity contribution >= 4 is 17.3 Å². The average Bonchev–Trinajstić information content (AvgIpc) is 2.48. The first kappa shape index (κ1) is 17.0. The number of carbonyl (C=O) groups excluding carboxylic acids is 1. The maximum absolute atomic E-state index is 11.4. The Bertz CT molecular complexity index is 634. The number of benzene rings is 1. The quantitative estimate of drug-likeness (QED) is 0.270. The molecule has 1 N–H and O–H groups in total. The summed E-state index contributed by atoms with van der Waals surface area (Å²) in [5.74, 6) is -0.648. The highest BCUT2D eigenvalue weighted by atomic mass is 16.6. The predicted molar refractivity (Wildman–Crippen MR) is 78.2 cm³/mol. The molecule has 8 nitrogen and oxygen atoms in total. The van der Waals surface area contributed by atoms with Gasteiger partial charge in [-0.2, -0.15) is 5.26 Å². The van der Waals surface area contributed by atoms with Gasteiger partial charge in [-0.25, -0.2) is 4.79 Å². The minimum Gasteiger partial charge on any atom is -0.487 e. The lowest BCUT2D eigenvalue weighted by molar-refractivity contribution is -0.385. The molecule has 116 valence electrons. The van der Waals surface area contributed by atoms with Crippen molar-refractivity contribution in [2.45, 2.75) is 13.8 Å². The molecule has 0 spiro atoms. The van der Waals surface area contributed by atoms with E-state index in [0.29, 0.717) is 5.69 Å². The van der Waals surface area contributed by atoms with Crippen LogP contribution >= 0.6 is 0 Å². The van der Waals surface area contributed by atoms with E-state index < -0.39 is 10.9 Å². The standard InChI is InChI=1S/C14H15N3O5/c1-3-21-13-7-11(5-6-12(13)17(19)20)16-9-10(8-15)14(18)22-4-2/h5-7,9,16H,3-4H2,1-2H3/b10-9+. The van der Waals surface area contributed by atoms with E-state index in [4.69, 9.17) is 14.7 Å². The van der Waals surface area contributed by atoms with Crippen LogP contribution < -0.4 is 10.1 Å². The number of esters is 1. The SMILES string of the molecule is CCOC(=O)/C(C#N)=C/Nc1ccc([N+](=O)[O-])c(OCC)c1. The summed E-state index contributed by atoms with van der Waals surface area (Å²) in [4.78, 5) is 21.8. The van der Waals surface area contributed by atoms with Gasteiger partial charge in [-0.3, -0.25) is 10.1 Å². The zero-order valence-electron chi connectivity index (χ0n) is 12.2. The van der Waals surface area contributed by atoms with Crippen LogP contribution in [0.4, 0.5) is 11.4 Å². The number of nitrogens with zero attached hydrogens (tertiary/aromatic N) is 2. The lowest BCUT2D eigenvalue weighted by atomic mass is 10.2. The second-order valence-electron chi connectivity index (χ2n) is 3.91. The van der Waals surface area contributed by atoms with E-state index in [-0.39, 0.29) is 30.2 Å². The molecule has 0 unspecified atom stereocenters. The highest BCUT2D eigenvalue weighted by Crippen LogP contribution is 2.30. The van der Waals surface area contributed by atoms with Crippen LogP contribution in [0, 0.1) is 21.4 Å². The summed E-state index contributed by atoms with van der Waals surface area (Å²) in [5, 5.41) is 22.5. The van der Waals surface area contributed by atoms with Gasteiger partial charge >= 0.3 is 11.7 Å². The van der Waals surface area contributed by atoms with E-state index in [0.717, 1.165) is 0 Å². The molecule has 22 heavy (non-hydrogen) atoms. The Labute approximate surface area is 127 Å². The molecule has 0 fully saturated rings. The van der Waals surface area contributed by atoms with Crippen molar-refractivity contribution in [1.82, 2.24) is 0 Å². The van der Waals surface area contributed by atoms with Crippen LogP contribution in [0.5, 0.6) is 5.75 Å². The van der Waals surface area contributed by atoms with Crippen molar-refractivity contribution in [3.63, 3.8) is 0 Å². The van der Waals surface area contributed by atoms with Gasteiger partial charge in [0.25, 0.3) is 0 Å². The minimum atomic E-state index is -0.746. The number of anilines is 1. The third kappa shape index (κ3) is 4.49. The Morgan fingerprint density at radius 3 is 2.73 bits per heavy atom. The fourth-order valence-electron chi connectivity index (χ4n) is 1.53. The summed E-state index contributed by atoms with van der Waals surface area (Å²) in [6, 6.07) is 5.84. The number of nitro groups is 1. The number of nitrogens with one attached hydrogen (secondary N) is 1. The van der Waals surface area contributed by atoms with Gasteiger partial charge in [0, 0.05) is 24.0 Å². The predicted octanol–water partition coefficient (Wildman–Crippen LogP) is 2.38. The topological polar surface area (TPSA) is 114 Å². The maximum atomic E-state index is 11.4. The molecular weight excluding hydrogens is 290 g/mol. The number of hydrogen-bond acceptors (Lipinski definition) is 7. The van der Waals surface area contributed by atoms with Crippen molar-refractivity contribution < 1.29 is 19.2 Å². The van der Waals surface area contributed by atoms with Gasteiger partial charge in [-0.1, -0.05) is 0 Å². The van der Waals surface area contributed by atoms with E-state index in [2.05, 4.69) is 5.32 Å². The number of hydrogen-bond donors (Lipinski definition) is 1. The highest BCUT2D eigenvalue weighted by Gasteiger charge is 2.15. The molecule has 8 heteroatoms. The van der Waals surface area contributed by atoms with E-state index in [1.54, 1.807) is 19.9 Å². The summed E-state index contributed by atoms with van der Waals surface area (Å²) >= 11 is 0. The van der Waals surface area contributed by atoms with Gasteiger partial charge in [0.15, 0.2) is 11.3 Å². The minimum absolute atomic E-state index is 0.0977. The largest absolute Gasteiger partial charge is 0.487 e. The molecule has 1 rings (SSSR count). The molecule has 0 atom stereocenters. The zero-order valence-corrected chi connectivity index (χ0v) is 12.2. The van der Waals surface area contributed by atoms with Crippen LogP contribution in [0.15, 0.2) is 30.0 Å². The maximum Gasteiger partial charge on any atom is 0.350 e. The van der Waals surface area contributed by atoms with Gasteiger partial charge in [-0.15, -0.1) is 0 Å². The van der Waals surface area contributed by atoms with E-state index in [1.807, 2.05) is 0 Å². The molecule has 1 aromatic carbocycles. The van der Waals surface area contributed by atoms with Crippen LogP contribution in [0.3, 0.4) is 0 Å². The Hall–Kier alpha value is -3.08. The molecule has 0 amide bonds. The van der Waals surface area contributed by atoms with Crippen LogP contribution in [-0.2, 0) is 9.53 Å². The molecule has 0 saturated carbocycles. The van der Waals surface area contributed by atoms with Gasteiger partial charge in [0.05, 0.1) is 18.1 Å². The number of rotatable bonds is 7. The van der Waals surface area contributed by atoms with Gasteiger partial charge < -0.3 is 14.8 Å². The first-order valence-electron chi connectivity index (χ1n) is 6.48. The van der Waals surface area contributed by atoms with Crippen LogP contribution in [0.2, 0.25) is 0 Å². The molecular formula is C14H15N3O5. The van der Waals surface area contributed by atoms with Gasteiger partial charge in [0.2, 0.25) is 0 Å². The van der Waals surface area contributed by atoms with Crippen molar-refractivity contribution in [2.24, 2.45) is 0 Å². The lowest BCUT2D eigenvalue weighted by Gasteiger charge is -2.07. The number of ether oxygens (including phenoxy) is 2. The molecule has 0 saturated heterocycles. The smallest absolute Gasteiger partial charge is 0.350 e. The van der Waals surface area contributed by atoms with Crippen molar-refractivity contribution in [2.75, 3.05) is 18.5 Å². The Kier molecular flexibility index (Phi) is 6.37. The molecule has 0 bridgehead atoms. The molecule has 0 aliphatic rings. The molecule has 0 heterocycles. The summed E-state index contributed by atoms with van der Waals surface area (Å²) in [7, 11) is 0. The van der Waals surface area contributed by atoms with E-state index >= 15 is 0 Å². The molecule has 0 aliphatic heterocycles. The molecule has 0 aliphatic carbocycles. The fourth-order valence-corrected chi connectivity index (χ4v) is 1.53. The van der Waals surface area contributed by atoms with Crippen LogP contribution in [-0.4, -0.2) is 24.1 Å². The molecule has 0 radical (unpaired) electrons. The third-order valence-corrected chi connectivity index (χ3v) is 2.46. The molecule has 1 aromatic rings. The van der Waals surface area contributed by atoms with Crippen LogP contribution in [0.1, 0.15) is 13.8 Å². The van der Waals surface area contributed by atoms with Crippen molar-refractivity contribution in [1.29, 1.82) is 5.26 Å². The first-order valence-corrected chi connectivity index (χ1v) is 6.48. The van der Waals surface area contributed by atoms with Crippen LogP contribution in [0.25, 0.3) is 0 Å². The van der Waals surface area contributed by atoms with Crippen molar-refractivity contribution in [3.8, 4) is 11.8 Å². The van der Waals surface area contributed by atoms with E-state index in [1.165, 1.54) is 24.4 Å². The zero-order chi connectivity index (χ0) is 16.5. The summed E-state index contributed by atoms with van der Waals surface area (Å²) < 4.78 is 9.91. The normalized spacial score (nSPS) is 10.5. The second kappa shape index (κ2) is 8.26. The lowest BCUT2D eigenvalue weighted by Crippen LogP contribution is -2.08. The Morgan fingerprint density at radius 1 is 1.45 bits per heavy atom. The summed E-state index contributed by atoms with van der Waals surface area (Å²) in [5.41, 5.74) is 0.0616. The molecule has 0 aromatic heterocycles. The second-order valence-corrected chi connectivity index (χ2v) is 3.91. The number of carbonyl (C=O) groups is 1. The number of nitriles is 1. The Morgan fingerprint density at radius 2 is 2.18 bits per heavy atom.